The van der Waals surface area contributed by atoms with Crippen LogP contribution in [0.1, 0.15) is 11.1 Å². The smallest absolute Gasteiger partial charge is 0.416 e. The van der Waals surface area contributed by atoms with E-state index in [2.05, 4.69) is 37.5 Å². The van der Waals surface area contributed by atoms with Gasteiger partial charge in [0.2, 0.25) is 0 Å². The maximum Gasteiger partial charge on any atom is 0.416 e. The van der Waals surface area contributed by atoms with E-state index in [9.17, 15) is 18.3 Å². The summed E-state index contributed by atoms with van der Waals surface area (Å²) < 4.78 is 46.0. The maximum atomic E-state index is 13.3. The summed E-state index contributed by atoms with van der Waals surface area (Å²) in [6, 6.07) is 10.8. The molecule has 2 aromatic carbocycles. The van der Waals surface area contributed by atoms with E-state index in [-0.39, 0.29) is 29.2 Å². The van der Waals surface area contributed by atoms with Crippen LogP contribution < -0.4 is 9.64 Å². The van der Waals surface area contributed by atoms with Gasteiger partial charge in [0, 0.05) is 10.7 Å². The Bertz CT molecular complexity index is 1390. The molecule has 0 aliphatic carbocycles. The molecule has 0 radical (unpaired) electrons. The summed E-state index contributed by atoms with van der Waals surface area (Å²) in [6.45, 7) is 3.77. The number of nitrogens with zero attached hydrogens (tertiary/aromatic N) is 3. The number of aliphatic hydroxyl groups is 1. The van der Waals surface area contributed by atoms with Crippen LogP contribution in [0.4, 0.5) is 24.7 Å². The van der Waals surface area contributed by atoms with E-state index in [1.165, 1.54) is 0 Å². The van der Waals surface area contributed by atoms with Crippen molar-refractivity contribution in [2.24, 2.45) is 0 Å². The first-order valence-electron chi connectivity index (χ1n) is 10.3. The standard InChI is InChI=1S/C24H18BrF3N4O2/c1-2-13-6-7-20(29-10-13)32-15(11-33)12-34-22-16(4-3-5-19(22)32)23-30-18-9-14(24(26,27)28)8-17(25)21(18)31-23/h2-10,15,33H,1,11-12H2,(H,30,31)/t15-/m0/s1. The first-order valence-corrected chi connectivity index (χ1v) is 11.1. The van der Waals surface area contributed by atoms with Gasteiger partial charge in [-0.2, -0.15) is 13.2 Å². The SMILES string of the molecule is C=Cc1ccc(N2c3cccc(-c4nc5c(Br)cc(C(F)(F)F)cc5[nH]4)c3OC[C@@H]2CO)nc1. The molecule has 0 spiro atoms. The molecule has 10 heteroatoms. The fourth-order valence-corrected chi connectivity index (χ4v) is 4.52. The summed E-state index contributed by atoms with van der Waals surface area (Å²) in [4.78, 5) is 13.9. The minimum atomic E-state index is -4.48. The molecular formula is C24H18BrF3N4O2. The Labute approximate surface area is 200 Å². The zero-order valence-electron chi connectivity index (χ0n) is 17.6. The van der Waals surface area contributed by atoms with Crippen molar-refractivity contribution in [1.82, 2.24) is 15.0 Å². The summed E-state index contributed by atoms with van der Waals surface area (Å²) in [5, 5.41) is 9.97. The third-order valence-electron chi connectivity index (χ3n) is 5.63. The van der Waals surface area contributed by atoms with Crippen LogP contribution in [0.2, 0.25) is 0 Å². The molecule has 0 saturated carbocycles. The van der Waals surface area contributed by atoms with Crippen LogP contribution in [-0.2, 0) is 6.18 Å². The summed E-state index contributed by atoms with van der Waals surface area (Å²) in [5.74, 6) is 1.48. The molecule has 0 saturated heterocycles. The lowest BCUT2D eigenvalue weighted by Gasteiger charge is -2.37. The monoisotopic (exact) mass is 530 g/mol. The largest absolute Gasteiger partial charge is 0.488 e. The molecular weight excluding hydrogens is 513 g/mol. The number of hydrogen-bond donors (Lipinski definition) is 2. The van der Waals surface area contributed by atoms with E-state index in [0.29, 0.717) is 34.2 Å². The molecule has 174 valence electrons. The molecule has 0 unspecified atom stereocenters. The second-order valence-corrected chi connectivity index (χ2v) is 8.62. The number of imidazole rings is 1. The Kier molecular flexibility index (Phi) is 5.57. The normalized spacial score (nSPS) is 15.8. The second kappa shape index (κ2) is 8.44. The number of rotatable bonds is 4. The van der Waals surface area contributed by atoms with Gasteiger partial charge in [-0.25, -0.2) is 9.97 Å². The Morgan fingerprint density at radius 3 is 2.76 bits per heavy atom. The van der Waals surface area contributed by atoms with Crippen LogP contribution in [0, 0.1) is 0 Å². The quantitative estimate of drug-likeness (QED) is 0.341. The van der Waals surface area contributed by atoms with Crippen molar-refractivity contribution in [1.29, 1.82) is 0 Å². The highest BCUT2D eigenvalue weighted by Crippen LogP contribution is 2.44. The zero-order chi connectivity index (χ0) is 24.0. The number of anilines is 2. The summed E-state index contributed by atoms with van der Waals surface area (Å²) >= 11 is 3.20. The number of fused-ring (bicyclic) bond motifs is 2. The summed E-state index contributed by atoms with van der Waals surface area (Å²) in [6.07, 6.45) is -1.11. The van der Waals surface area contributed by atoms with Gasteiger partial charge >= 0.3 is 6.18 Å². The predicted molar refractivity (Wildman–Crippen MR) is 127 cm³/mol. The van der Waals surface area contributed by atoms with Gasteiger partial charge in [-0.3, -0.25) is 0 Å². The van der Waals surface area contributed by atoms with Crippen molar-refractivity contribution < 1.29 is 23.0 Å². The van der Waals surface area contributed by atoms with E-state index in [0.717, 1.165) is 17.7 Å². The lowest BCUT2D eigenvalue weighted by Crippen LogP contribution is -2.43. The van der Waals surface area contributed by atoms with E-state index >= 15 is 0 Å². The van der Waals surface area contributed by atoms with Gasteiger partial charge in [-0.15, -0.1) is 0 Å². The lowest BCUT2D eigenvalue weighted by molar-refractivity contribution is -0.137. The van der Waals surface area contributed by atoms with Crippen LogP contribution in [0.5, 0.6) is 5.75 Å². The summed E-state index contributed by atoms with van der Waals surface area (Å²) in [7, 11) is 0. The minimum absolute atomic E-state index is 0.160. The number of halogens is 4. The Morgan fingerprint density at radius 2 is 2.09 bits per heavy atom. The highest BCUT2D eigenvalue weighted by molar-refractivity contribution is 9.10. The predicted octanol–water partition coefficient (Wildman–Crippen LogP) is 5.94. The molecule has 1 aliphatic heterocycles. The average molecular weight is 531 g/mol. The third-order valence-corrected chi connectivity index (χ3v) is 6.23. The van der Waals surface area contributed by atoms with Crippen LogP contribution in [-0.4, -0.2) is 39.3 Å². The van der Waals surface area contributed by atoms with Crippen molar-refractivity contribution in [3.8, 4) is 17.1 Å². The van der Waals surface area contributed by atoms with Crippen LogP contribution >= 0.6 is 15.9 Å². The number of hydrogen-bond acceptors (Lipinski definition) is 5. The van der Waals surface area contributed by atoms with Crippen molar-refractivity contribution >= 4 is 44.5 Å². The number of ether oxygens (including phenoxy) is 1. The van der Waals surface area contributed by atoms with Crippen molar-refractivity contribution in [2.75, 3.05) is 18.1 Å². The molecule has 5 rings (SSSR count). The molecule has 1 aliphatic rings. The Balaban J connectivity index is 1.63. The molecule has 1 atom stereocenters. The fourth-order valence-electron chi connectivity index (χ4n) is 3.98. The number of pyridine rings is 1. The lowest BCUT2D eigenvalue weighted by atomic mass is 10.1. The van der Waals surface area contributed by atoms with Gasteiger partial charge in [0.15, 0.2) is 5.75 Å². The Morgan fingerprint density at radius 1 is 1.26 bits per heavy atom. The maximum absolute atomic E-state index is 13.3. The van der Waals surface area contributed by atoms with Crippen molar-refractivity contribution in [3.05, 3.63) is 70.8 Å². The van der Waals surface area contributed by atoms with Gasteiger partial charge < -0.3 is 19.7 Å². The second-order valence-electron chi connectivity index (χ2n) is 7.76. The van der Waals surface area contributed by atoms with E-state index < -0.39 is 11.7 Å². The first kappa shape index (κ1) is 22.4. The van der Waals surface area contributed by atoms with Gasteiger partial charge in [0.25, 0.3) is 0 Å². The molecule has 3 heterocycles. The number of benzene rings is 2. The van der Waals surface area contributed by atoms with Gasteiger partial charge in [0.1, 0.15) is 23.8 Å². The minimum Gasteiger partial charge on any atom is -0.488 e. The van der Waals surface area contributed by atoms with E-state index in [4.69, 9.17) is 4.74 Å². The van der Waals surface area contributed by atoms with Crippen molar-refractivity contribution in [2.45, 2.75) is 12.2 Å². The number of para-hydroxylation sites is 1. The molecule has 0 fully saturated rings. The number of aliphatic hydroxyl groups excluding tert-OH is 1. The zero-order valence-corrected chi connectivity index (χ0v) is 19.2. The van der Waals surface area contributed by atoms with Gasteiger partial charge in [-0.1, -0.05) is 18.7 Å². The number of nitrogens with one attached hydrogen (secondary N) is 1. The molecule has 6 nitrogen and oxygen atoms in total. The Hall–Kier alpha value is -3.37. The molecule has 0 amide bonds. The van der Waals surface area contributed by atoms with Crippen LogP contribution in [0.3, 0.4) is 0 Å². The number of aromatic nitrogens is 3. The van der Waals surface area contributed by atoms with E-state index in [1.807, 2.05) is 23.1 Å². The fraction of sp³-hybridized carbons (Fsp3) is 0.167. The number of alkyl halides is 3. The molecule has 0 bridgehead atoms. The topological polar surface area (TPSA) is 74.3 Å². The number of aromatic amines is 1. The molecule has 2 aromatic heterocycles. The highest BCUT2D eigenvalue weighted by Gasteiger charge is 2.33. The van der Waals surface area contributed by atoms with Gasteiger partial charge in [0.05, 0.1) is 35.0 Å². The summed E-state index contributed by atoms with van der Waals surface area (Å²) in [5.41, 5.74) is 1.95. The molecule has 2 N–H and O–H groups in total. The van der Waals surface area contributed by atoms with Crippen LogP contribution in [0.15, 0.2) is 59.7 Å². The molecule has 34 heavy (non-hydrogen) atoms. The van der Waals surface area contributed by atoms with Gasteiger partial charge in [-0.05, 0) is 57.9 Å². The van der Waals surface area contributed by atoms with Crippen LogP contribution in [0.25, 0.3) is 28.5 Å². The third kappa shape index (κ3) is 3.82. The first-order chi connectivity index (χ1) is 16.3. The molecule has 4 aromatic rings. The highest BCUT2D eigenvalue weighted by atomic mass is 79.9. The van der Waals surface area contributed by atoms with Crippen molar-refractivity contribution in [3.63, 3.8) is 0 Å². The number of H-pyrrole nitrogens is 1. The van der Waals surface area contributed by atoms with E-state index in [1.54, 1.807) is 24.4 Å². The average Bonchev–Trinajstić information content (AvgIpc) is 3.27.